The number of rotatable bonds is 7. The highest BCUT2D eigenvalue weighted by molar-refractivity contribution is 5.48. The van der Waals surface area contributed by atoms with E-state index in [0.29, 0.717) is 6.61 Å². The van der Waals surface area contributed by atoms with Gasteiger partial charge in [-0.15, -0.1) is 0 Å². The van der Waals surface area contributed by atoms with Gasteiger partial charge in [0.05, 0.1) is 6.04 Å². The summed E-state index contributed by atoms with van der Waals surface area (Å²) in [5.74, 6) is 0.909. The molecule has 1 N–H and O–H groups in total. The molecule has 3 aromatic carbocycles. The normalized spacial score (nSPS) is 15.8. The summed E-state index contributed by atoms with van der Waals surface area (Å²) in [5, 5.41) is 3.53. The summed E-state index contributed by atoms with van der Waals surface area (Å²) in [6.45, 7) is 4.86. The van der Waals surface area contributed by atoms with E-state index >= 15 is 0 Å². The van der Waals surface area contributed by atoms with Crippen molar-refractivity contribution in [2.45, 2.75) is 19.1 Å². The second kappa shape index (κ2) is 10.5. The molecule has 1 unspecified atom stereocenters. The molecule has 0 spiro atoms. The number of nitrogens with one attached hydrogen (secondary N) is 1. The zero-order valence-corrected chi connectivity index (χ0v) is 18.6. The molecule has 1 aliphatic heterocycles. The van der Waals surface area contributed by atoms with Crippen molar-refractivity contribution in [1.29, 1.82) is 0 Å². The molecule has 4 nitrogen and oxygen atoms in total. The molecule has 1 saturated heterocycles. The minimum absolute atomic E-state index is 0.249. The third kappa shape index (κ3) is 5.66. The number of hydrogen-bond donors (Lipinski definition) is 1. The van der Waals surface area contributed by atoms with Crippen LogP contribution in [0.1, 0.15) is 29.2 Å². The topological polar surface area (TPSA) is 27.7 Å². The van der Waals surface area contributed by atoms with Crippen LogP contribution in [-0.2, 0) is 6.61 Å². The number of anilines is 1. The molecule has 4 rings (SSSR count). The molecule has 31 heavy (non-hydrogen) atoms. The molecule has 0 amide bonds. The zero-order chi connectivity index (χ0) is 21.5. The van der Waals surface area contributed by atoms with Gasteiger partial charge in [-0.3, -0.25) is 4.90 Å². The van der Waals surface area contributed by atoms with Crippen molar-refractivity contribution in [2.24, 2.45) is 0 Å². The fourth-order valence-corrected chi connectivity index (χ4v) is 4.18. The summed E-state index contributed by atoms with van der Waals surface area (Å²) in [6, 6.07) is 28.2. The van der Waals surface area contributed by atoms with Gasteiger partial charge in [0.1, 0.15) is 12.4 Å². The lowest BCUT2D eigenvalue weighted by molar-refractivity contribution is 0.241. The molecule has 0 aliphatic carbocycles. The quantitative estimate of drug-likeness (QED) is 0.604. The van der Waals surface area contributed by atoms with Crippen LogP contribution in [0.4, 0.5) is 5.69 Å². The number of hydrogen-bond acceptors (Lipinski definition) is 4. The third-order valence-corrected chi connectivity index (χ3v) is 5.91. The van der Waals surface area contributed by atoms with Gasteiger partial charge in [-0.25, -0.2) is 0 Å². The molecule has 0 aromatic heterocycles. The molecular weight excluding hydrogens is 382 g/mol. The Balaban J connectivity index is 1.55. The van der Waals surface area contributed by atoms with Gasteiger partial charge in [-0.1, -0.05) is 54.6 Å². The Morgan fingerprint density at radius 3 is 2.19 bits per heavy atom. The van der Waals surface area contributed by atoms with Gasteiger partial charge in [0.15, 0.2) is 0 Å². The average Bonchev–Trinajstić information content (AvgIpc) is 3.09. The highest BCUT2D eigenvalue weighted by Crippen LogP contribution is 2.31. The lowest BCUT2D eigenvalue weighted by Crippen LogP contribution is -2.33. The first-order chi connectivity index (χ1) is 15.2. The Labute approximate surface area is 186 Å². The van der Waals surface area contributed by atoms with Crippen LogP contribution in [0.25, 0.3) is 0 Å². The smallest absolute Gasteiger partial charge is 0.119 e. The van der Waals surface area contributed by atoms with Crippen molar-refractivity contribution in [1.82, 2.24) is 10.2 Å². The van der Waals surface area contributed by atoms with Crippen LogP contribution in [0, 0.1) is 0 Å². The van der Waals surface area contributed by atoms with Crippen LogP contribution in [-0.4, -0.2) is 45.2 Å². The highest BCUT2D eigenvalue weighted by atomic mass is 16.5. The summed E-state index contributed by atoms with van der Waals surface area (Å²) in [7, 11) is 4.17. The summed E-state index contributed by atoms with van der Waals surface area (Å²) < 4.78 is 6.01. The minimum atomic E-state index is 0.249. The molecule has 1 fully saturated rings. The van der Waals surface area contributed by atoms with Crippen molar-refractivity contribution in [3.63, 3.8) is 0 Å². The van der Waals surface area contributed by atoms with Crippen molar-refractivity contribution in [3.8, 4) is 5.75 Å². The monoisotopic (exact) mass is 415 g/mol. The first kappa shape index (κ1) is 21.4. The molecule has 0 saturated carbocycles. The van der Waals surface area contributed by atoms with Crippen LogP contribution in [0.15, 0.2) is 78.9 Å². The van der Waals surface area contributed by atoms with Crippen LogP contribution in [0.5, 0.6) is 5.75 Å². The van der Waals surface area contributed by atoms with Crippen molar-refractivity contribution < 1.29 is 4.74 Å². The van der Waals surface area contributed by atoms with Gasteiger partial charge in [0, 0.05) is 39.4 Å². The Morgan fingerprint density at radius 2 is 1.52 bits per heavy atom. The largest absolute Gasteiger partial charge is 0.489 e. The molecule has 1 heterocycles. The summed E-state index contributed by atoms with van der Waals surface area (Å²) in [5.41, 5.74) is 5.06. The second-order valence-electron chi connectivity index (χ2n) is 8.37. The van der Waals surface area contributed by atoms with E-state index in [0.717, 1.165) is 31.9 Å². The first-order valence-corrected chi connectivity index (χ1v) is 11.2. The van der Waals surface area contributed by atoms with Crippen LogP contribution < -0.4 is 15.0 Å². The maximum atomic E-state index is 6.01. The molecule has 0 radical (unpaired) electrons. The van der Waals surface area contributed by atoms with Gasteiger partial charge >= 0.3 is 0 Å². The standard InChI is InChI=1S/C27H33N3O/c1-29(2)25-13-9-23(10-14-25)27(30-19-6-17-28-18-20-30)24-11-15-26(16-12-24)31-21-22-7-4-3-5-8-22/h3-5,7-16,27-28H,6,17-21H2,1-2H3. The Hall–Kier alpha value is -2.82. The van der Waals surface area contributed by atoms with E-state index in [4.69, 9.17) is 4.74 Å². The van der Waals surface area contributed by atoms with Crippen molar-refractivity contribution in [3.05, 3.63) is 95.6 Å². The van der Waals surface area contributed by atoms with Gasteiger partial charge in [0.2, 0.25) is 0 Å². The second-order valence-corrected chi connectivity index (χ2v) is 8.37. The molecule has 0 bridgehead atoms. The number of ether oxygens (including phenoxy) is 1. The Morgan fingerprint density at radius 1 is 0.839 bits per heavy atom. The van der Waals surface area contributed by atoms with Crippen molar-refractivity contribution in [2.75, 3.05) is 45.2 Å². The summed E-state index contributed by atoms with van der Waals surface area (Å²) in [6.07, 6.45) is 1.17. The lowest BCUT2D eigenvalue weighted by Gasteiger charge is -2.31. The molecule has 1 aliphatic rings. The predicted octanol–water partition coefficient (Wildman–Crippen LogP) is 4.72. The summed E-state index contributed by atoms with van der Waals surface area (Å²) >= 11 is 0. The Bertz CT molecular complexity index is 915. The first-order valence-electron chi connectivity index (χ1n) is 11.2. The molecule has 1 atom stereocenters. The van der Waals surface area contributed by atoms with E-state index in [1.165, 1.54) is 28.8 Å². The summed E-state index contributed by atoms with van der Waals surface area (Å²) in [4.78, 5) is 4.75. The van der Waals surface area contributed by atoms with Crippen LogP contribution >= 0.6 is 0 Å². The maximum absolute atomic E-state index is 6.01. The SMILES string of the molecule is CN(C)c1ccc(C(c2ccc(OCc3ccccc3)cc2)N2CCCNCC2)cc1. The molecule has 162 valence electrons. The van der Waals surface area contributed by atoms with Gasteiger partial charge in [-0.2, -0.15) is 0 Å². The zero-order valence-electron chi connectivity index (χ0n) is 18.6. The van der Waals surface area contributed by atoms with E-state index in [1.807, 2.05) is 18.2 Å². The fraction of sp³-hybridized carbons (Fsp3) is 0.333. The lowest BCUT2D eigenvalue weighted by atomic mass is 9.96. The van der Waals surface area contributed by atoms with Crippen LogP contribution in [0.3, 0.4) is 0 Å². The fourth-order valence-electron chi connectivity index (χ4n) is 4.18. The number of nitrogens with zero attached hydrogens (tertiary/aromatic N) is 2. The minimum Gasteiger partial charge on any atom is -0.489 e. The van der Waals surface area contributed by atoms with E-state index in [1.54, 1.807) is 0 Å². The number of benzene rings is 3. The van der Waals surface area contributed by atoms with Crippen molar-refractivity contribution >= 4 is 5.69 Å². The molecule has 3 aromatic rings. The predicted molar refractivity (Wildman–Crippen MR) is 129 cm³/mol. The molecular formula is C27H33N3O. The highest BCUT2D eigenvalue weighted by Gasteiger charge is 2.23. The third-order valence-electron chi connectivity index (χ3n) is 5.91. The van der Waals surface area contributed by atoms with E-state index in [2.05, 4.69) is 89.9 Å². The molecule has 4 heteroatoms. The Kier molecular flexibility index (Phi) is 7.23. The van der Waals surface area contributed by atoms with E-state index in [-0.39, 0.29) is 6.04 Å². The van der Waals surface area contributed by atoms with E-state index in [9.17, 15) is 0 Å². The maximum Gasteiger partial charge on any atom is 0.119 e. The van der Waals surface area contributed by atoms with Gasteiger partial charge in [0.25, 0.3) is 0 Å². The van der Waals surface area contributed by atoms with Gasteiger partial charge in [-0.05, 0) is 53.9 Å². The van der Waals surface area contributed by atoms with Gasteiger partial charge < -0.3 is 15.0 Å². The van der Waals surface area contributed by atoms with Crippen LogP contribution in [0.2, 0.25) is 0 Å². The van der Waals surface area contributed by atoms with E-state index < -0.39 is 0 Å². The average molecular weight is 416 g/mol.